The van der Waals surface area contributed by atoms with Crippen LogP contribution in [0.15, 0.2) is 0 Å². The number of ether oxygens (including phenoxy) is 1. The molecule has 10 heavy (non-hydrogen) atoms. The van der Waals surface area contributed by atoms with Gasteiger partial charge in [-0.05, 0) is 13.8 Å². The molecule has 0 rings (SSSR count). The van der Waals surface area contributed by atoms with Gasteiger partial charge < -0.3 is 20.0 Å². The Morgan fingerprint density at radius 3 is 2.70 bits per heavy atom. The highest BCUT2D eigenvalue weighted by Crippen LogP contribution is 1.84. The largest absolute Gasteiger partial charge is 0.530 e. The first-order valence-electron chi connectivity index (χ1n) is 3.19. The molecule has 0 aromatic heterocycles. The van der Waals surface area contributed by atoms with Gasteiger partial charge in [0.1, 0.15) is 6.09 Å². The second-order valence-corrected chi connectivity index (χ2v) is 2.13. The van der Waals surface area contributed by atoms with E-state index in [1.165, 1.54) is 0 Å². The second-order valence-electron chi connectivity index (χ2n) is 2.13. The van der Waals surface area contributed by atoms with E-state index in [0.717, 1.165) is 0 Å². The molecule has 60 valence electrons. The molecule has 0 bridgehead atoms. The summed E-state index contributed by atoms with van der Waals surface area (Å²) in [7, 11) is 0. The highest BCUT2D eigenvalue weighted by molar-refractivity contribution is 5.61. The van der Waals surface area contributed by atoms with Crippen LogP contribution in [0.1, 0.15) is 13.8 Å². The Morgan fingerprint density at radius 2 is 2.30 bits per heavy atom. The highest BCUT2D eigenvalue weighted by Gasteiger charge is 1.90. The molecule has 4 nitrogen and oxygen atoms in total. The zero-order valence-electron chi connectivity index (χ0n) is 6.22. The van der Waals surface area contributed by atoms with E-state index in [0.29, 0.717) is 13.2 Å². The molecule has 0 saturated heterocycles. The molecule has 0 heterocycles. The number of carbonyl (C=O) groups excluding carboxylic acids is 1. The Bertz CT molecular complexity index is 103. The molecule has 0 aliphatic rings. The van der Waals surface area contributed by atoms with Gasteiger partial charge in [0.25, 0.3) is 0 Å². The third-order valence-electron chi connectivity index (χ3n) is 0.823. The van der Waals surface area contributed by atoms with Crippen LogP contribution in [0.3, 0.4) is 0 Å². The van der Waals surface area contributed by atoms with Gasteiger partial charge in [0.05, 0.1) is 12.7 Å². The standard InChI is InChI=1S/C6H13NO3/c1-5(2)10-4-3-7-6(8)9/h5,7H,3-4H2,1-2H3,(H,8,9)/p-1. The average molecular weight is 146 g/mol. The van der Waals surface area contributed by atoms with Crippen LogP contribution in [0.4, 0.5) is 4.79 Å². The Hall–Kier alpha value is -0.770. The molecule has 0 aromatic carbocycles. The third-order valence-corrected chi connectivity index (χ3v) is 0.823. The van der Waals surface area contributed by atoms with Crippen molar-refractivity contribution in [3.05, 3.63) is 0 Å². The van der Waals surface area contributed by atoms with Crippen molar-refractivity contribution in [1.82, 2.24) is 5.32 Å². The number of nitrogens with one attached hydrogen (secondary N) is 1. The van der Waals surface area contributed by atoms with E-state index in [-0.39, 0.29) is 6.10 Å². The lowest BCUT2D eigenvalue weighted by molar-refractivity contribution is -0.250. The second kappa shape index (κ2) is 5.05. The lowest BCUT2D eigenvalue weighted by Crippen LogP contribution is -2.38. The predicted octanol–water partition coefficient (Wildman–Crippen LogP) is -0.656. The summed E-state index contributed by atoms with van der Waals surface area (Å²) >= 11 is 0. The van der Waals surface area contributed by atoms with Crippen molar-refractivity contribution in [3.63, 3.8) is 0 Å². The van der Waals surface area contributed by atoms with E-state index >= 15 is 0 Å². The van der Waals surface area contributed by atoms with Gasteiger partial charge >= 0.3 is 0 Å². The minimum atomic E-state index is -1.26. The van der Waals surface area contributed by atoms with Crippen molar-refractivity contribution < 1.29 is 14.6 Å². The molecule has 0 atom stereocenters. The maximum Gasteiger partial charge on any atom is 0.134 e. The van der Waals surface area contributed by atoms with E-state index in [2.05, 4.69) is 5.32 Å². The van der Waals surface area contributed by atoms with Crippen molar-refractivity contribution in [2.75, 3.05) is 13.2 Å². The summed E-state index contributed by atoms with van der Waals surface area (Å²) in [6.45, 7) is 4.46. The van der Waals surface area contributed by atoms with Gasteiger partial charge in [-0.2, -0.15) is 0 Å². The quantitative estimate of drug-likeness (QED) is 0.536. The molecule has 0 spiro atoms. The summed E-state index contributed by atoms with van der Waals surface area (Å²) in [5.41, 5.74) is 0. The maximum atomic E-state index is 9.77. The van der Waals surface area contributed by atoms with Crippen LogP contribution in [0.5, 0.6) is 0 Å². The normalized spacial score (nSPS) is 9.90. The molecule has 0 unspecified atom stereocenters. The third kappa shape index (κ3) is 7.23. The molecule has 0 aromatic rings. The van der Waals surface area contributed by atoms with Crippen LogP contribution < -0.4 is 10.4 Å². The van der Waals surface area contributed by atoms with Crippen LogP contribution >= 0.6 is 0 Å². The number of carbonyl (C=O) groups is 1. The van der Waals surface area contributed by atoms with E-state index in [1.807, 2.05) is 13.8 Å². The van der Waals surface area contributed by atoms with Crippen molar-refractivity contribution in [1.29, 1.82) is 0 Å². The molecule has 0 fully saturated rings. The van der Waals surface area contributed by atoms with E-state index in [9.17, 15) is 9.90 Å². The maximum absolute atomic E-state index is 9.77. The number of amides is 1. The van der Waals surface area contributed by atoms with Crippen LogP contribution in [0.2, 0.25) is 0 Å². The van der Waals surface area contributed by atoms with Crippen molar-refractivity contribution in [2.45, 2.75) is 20.0 Å². The van der Waals surface area contributed by atoms with Gasteiger partial charge in [0.15, 0.2) is 0 Å². The van der Waals surface area contributed by atoms with Crippen molar-refractivity contribution >= 4 is 6.09 Å². The number of carboxylic acid groups (broad SMARTS) is 1. The van der Waals surface area contributed by atoms with Gasteiger partial charge in [-0.1, -0.05) is 0 Å². The minimum absolute atomic E-state index is 0.142. The van der Waals surface area contributed by atoms with Gasteiger partial charge in [0, 0.05) is 6.54 Å². The fourth-order valence-corrected chi connectivity index (χ4v) is 0.448. The SMILES string of the molecule is CC(C)OCCNC(=O)[O-]. The van der Waals surface area contributed by atoms with E-state index in [1.54, 1.807) is 0 Å². The molecule has 1 amide bonds. The summed E-state index contributed by atoms with van der Waals surface area (Å²) in [6, 6.07) is 0. The van der Waals surface area contributed by atoms with Gasteiger partial charge in [-0.25, -0.2) is 0 Å². The van der Waals surface area contributed by atoms with Crippen LogP contribution in [-0.4, -0.2) is 25.3 Å². The first-order chi connectivity index (χ1) is 4.63. The summed E-state index contributed by atoms with van der Waals surface area (Å²) in [4.78, 5) is 9.77. The number of hydrogen-bond acceptors (Lipinski definition) is 3. The molecular weight excluding hydrogens is 134 g/mol. The van der Waals surface area contributed by atoms with Gasteiger partial charge in [0.2, 0.25) is 0 Å². The zero-order chi connectivity index (χ0) is 7.98. The molecule has 1 N–H and O–H groups in total. The Kier molecular flexibility index (Phi) is 4.66. The Balaban J connectivity index is 2.98. The van der Waals surface area contributed by atoms with Crippen molar-refractivity contribution in [2.24, 2.45) is 0 Å². The highest BCUT2D eigenvalue weighted by atomic mass is 16.5. The lowest BCUT2D eigenvalue weighted by Gasteiger charge is -2.08. The van der Waals surface area contributed by atoms with Crippen LogP contribution in [0.25, 0.3) is 0 Å². The first kappa shape index (κ1) is 9.23. The fraction of sp³-hybridized carbons (Fsp3) is 0.833. The minimum Gasteiger partial charge on any atom is -0.530 e. The molecule has 0 radical (unpaired) electrons. The summed E-state index contributed by atoms with van der Waals surface area (Å²) in [5, 5.41) is 11.8. The zero-order valence-corrected chi connectivity index (χ0v) is 6.22. The van der Waals surface area contributed by atoms with Crippen LogP contribution in [0, 0.1) is 0 Å². The fourth-order valence-electron chi connectivity index (χ4n) is 0.448. The molecule has 4 heteroatoms. The smallest absolute Gasteiger partial charge is 0.134 e. The van der Waals surface area contributed by atoms with Gasteiger partial charge in [-0.3, -0.25) is 0 Å². The average Bonchev–Trinajstić information content (AvgIpc) is 1.79. The monoisotopic (exact) mass is 146 g/mol. The Morgan fingerprint density at radius 1 is 1.70 bits per heavy atom. The molecule has 0 saturated carbocycles. The summed E-state index contributed by atoms with van der Waals surface area (Å²) < 4.78 is 5.04. The molecular formula is C6H12NO3-. The first-order valence-corrected chi connectivity index (χ1v) is 3.19. The molecule has 0 aliphatic heterocycles. The number of rotatable bonds is 4. The summed E-state index contributed by atoms with van der Waals surface area (Å²) in [5.74, 6) is 0. The summed E-state index contributed by atoms with van der Waals surface area (Å²) in [6.07, 6.45) is -1.11. The van der Waals surface area contributed by atoms with E-state index < -0.39 is 6.09 Å². The van der Waals surface area contributed by atoms with Gasteiger partial charge in [-0.15, -0.1) is 0 Å². The molecule has 0 aliphatic carbocycles. The van der Waals surface area contributed by atoms with E-state index in [4.69, 9.17) is 4.74 Å². The lowest BCUT2D eigenvalue weighted by atomic mass is 10.5. The Labute approximate surface area is 60.2 Å². The number of hydrogen-bond donors (Lipinski definition) is 1. The van der Waals surface area contributed by atoms with Crippen molar-refractivity contribution in [3.8, 4) is 0 Å². The topological polar surface area (TPSA) is 61.4 Å². The predicted molar refractivity (Wildman–Crippen MR) is 34.5 cm³/mol. The van der Waals surface area contributed by atoms with Crippen LogP contribution in [-0.2, 0) is 4.74 Å².